The van der Waals surface area contributed by atoms with Crippen molar-refractivity contribution in [2.75, 3.05) is 85.1 Å². The van der Waals surface area contributed by atoms with Crippen molar-refractivity contribution in [3.8, 4) is 11.1 Å². The topological polar surface area (TPSA) is 84.5 Å². The first-order chi connectivity index (χ1) is 19.8. The van der Waals surface area contributed by atoms with Gasteiger partial charge in [0, 0.05) is 24.9 Å². The lowest BCUT2D eigenvalue weighted by Crippen LogP contribution is -2.29. The van der Waals surface area contributed by atoms with Crippen LogP contribution in [0.4, 0.5) is 4.79 Å². The third kappa shape index (κ3) is 12.1. The summed E-state index contributed by atoms with van der Waals surface area (Å²) in [6, 6.07) is 16.6. The summed E-state index contributed by atoms with van der Waals surface area (Å²) in [7, 11) is 0. The Kier molecular flexibility index (Phi) is 16.7. The minimum atomic E-state index is -0.441. The minimum absolute atomic E-state index is 0.0502. The van der Waals surface area contributed by atoms with E-state index in [0.717, 1.165) is 31.7 Å². The summed E-state index contributed by atoms with van der Waals surface area (Å²) in [6.07, 6.45) is 4.04. The van der Waals surface area contributed by atoms with Crippen LogP contribution in [0.5, 0.6) is 0 Å². The largest absolute Gasteiger partial charge is 0.449 e. The maximum absolute atomic E-state index is 12.2. The fourth-order valence-electron chi connectivity index (χ4n) is 4.51. The van der Waals surface area contributed by atoms with Gasteiger partial charge in [0.05, 0.1) is 59.5 Å². The normalized spacial score (nSPS) is 12.3. The summed E-state index contributed by atoms with van der Waals surface area (Å²) in [4.78, 5) is 12.2. The highest BCUT2D eigenvalue weighted by atomic mass is 35.5. The van der Waals surface area contributed by atoms with E-state index >= 15 is 0 Å². The fraction of sp³-hybridized carbons (Fsp3) is 0.581. The van der Waals surface area contributed by atoms with Crippen LogP contribution in [0.2, 0.25) is 0 Å². The van der Waals surface area contributed by atoms with Crippen molar-refractivity contribution >= 4 is 17.7 Å². The van der Waals surface area contributed by atoms with Gasteiger partial charge in [0.1, 0.15) is 6.61 Å². The van der Waals surface area contributed by atoms with Crippen molar-refractivity contribution in [3.63, 3.8) is 0 Å². The van der Waals surface area contributed by atoms with Crippen molar-refractivity contribution in [2.45, 2.75) is 31.6 Å². The van der Waals surface area contributed by atoms with E-state index in [2.05, 4.69) is 29.6 Å². The van der Waals surface area contributed by atoms with E-state index in [1.165, 1.54) is 28.7 Å². The Balaban J connectivity index is 1.07. The minimum Gasteiger partial charge on any atom is -0.449 e. The van der Waals surface area contributed by atoms with Gasteiger partial charge in [-0.25, -0.2) is 4.79 Å². The van der Waals surface area contributed by atoms with E-state index in [4.69, 9.17) is 40.0 Å². The lowest BCUT2D eigenvalue weighted by Gasteiger charge is -2.14. The Morgan fingerprint density at radius 2 is 1.10 bits per heavy atom. The highest BCUT2D eigenvalue weighted by molar-refractivity contribution is 6.17. The molecular formula is C31H44ClNO7. The number of alkyl carbamates (subject to hydrolysis) is 1. The van der Waals surface area contributed by atoms with Gasteiger partial charge in [-0.1, -0.05) is 61.4 Å². The van der Waals surface area contributed by atoms with E-state index < -0.39 is 6.09 Å². The number of amides is 1. The Hall–Kier alpha value is -2.20. The molecule has 40 heavy (non-hydrogen) atoms. The number of fused-ring (bicyclic) bond motifs is 3. The molecule has 0 aromatic heterocycles. The van der Waals surface area contributed by atoms with E-state index in [1.54, 1.807) is 0 Å². The third-order valence-corrected chi connectivity index (χ3v) is 6.79. The number of halogens is 1. The molecule has 0 atom stereocenters. The molecule has 0 aliphatic heterocycles. The zero-order valence-corrected chi connectivity index (χ0v) is 24.2. The molecule has 0 bridgehead atoms. The van der Waals surface area contributed by atoms with Gasteiger partial charge in [0.15, 0.2) is 0 Å². The molecule has 9 heteroatoms. The first kappa shape index (κ1) is 32.3. The number of hydrogen-bond acceptors (Lipinski definition) is 7. The summed E-state index contributed by atoms with van der Waals surface area (Å²) >= 11 is 5.65. The number of carbonyl (C=O) groups excluding carboxylic acids is 1. The molecule has 2 aromatic rings. The predicted molar refractivity (Wildman–Crippen MR) is 156 cm³/mol. The quantitative estimate of drug-likeness (QED) is 0.140. The van der Waals surface area contributed by atoms with Gasteiger partial charge in [-0.05, 0) is 35.1 Å². The molecule has 0 heterocycles. The second-order valence-corrected chi connectivity index (χ2v) is 9.80. The Bertz CT molecular complexity index is 915. The molecule has 0 spiro atoms. The number of rotatable bonds is 23. The van der Waals surface area contributed by atoms with Crippen LogP contribution in [-0.2, 0) is 28.4 Å². The predicted octanol–water partition coefficient (Wildman–Crippen LogP) is 5.41. The van der Waals surface area contributed by atoms with Gasteiger partial charge in [0.25, 0.3) is 0 Å². The number of ether oxygens (including phenoxy) is 6. The summed E-state index contributed by atoms with van der Waals surface area (Å²) in [6.45, 7) is 6.01. The zero-order chi connectivity index (χ0) is 28.1. The zero-order valence-electron chi connectivity index (χ0n) is 23.5. The second-order valence-electron chi connectivity index (χ2n) is 9.42. The summed E-state index contributed by atoms with van der Waals surface area (Å²) < 4.78 is 33.0. The molecule has 0 radical (unpaired) electrons. The smallest absolute Gasteiger partial charge is 0.407 e. The average molecular weight is 578 g/mol. The number of alkyl halides is 1. The molecule has 0 fully saturated rings. The van der Waals surface area contributed by atoms with Crippen molar-refractivity contribution in [3.05, 3.63) is 59.7 Å². The molecule has 1 amide bonds. The SMILES string of the molecule is O=C(NCCOCCOCCOCCOCCOCCCCCCCl)OCC1c2ccccc2-c2ccccc21. The first-order valence-electron chi connectivity index (χ1n) is 14.3. The Morgan fingerprint density at radius 3 is 1.65 bits per heavy atom. The highest BCUT2D eigenvalue weighted by Gasteiger charge is 2.28. The van der Waals surface area contributed by atoms with E-state index in [1.807, 2.05) is 24.3 Å². The van der Waals surface area contributed by atoms with E-state index in [-0.39, 0.29) is 5.92 Å². The maximum Gasteiger partial charge on any atom is 0.407 e. The van der Waals surface area contributed by atoms with Crippen LogP contribution in [0.15, 0.2) is 48.5 Å². The molecule has 1 N–H and O–H groups in total. The van der Waals surface area contributed by atoms with Crippen LogP contribution in [0, 0.1) is 0 Å². The number of carbonyl (C=O) groups is 1. The molecule has 0 unspecified atom stereocenters. The van der Waals surface area contributed by atoms with Gasteiger partial charge in [-0.15, -0.1) is 11.6 Å². The van der Waals surface area contributed by atoms with Crippen molar-refractivity contribution in [1.29, 1.82) is 0 Å². The van der Waals surface area contributed by atoms with Gasteiger partial charge < -0.3 is 33.7 Å². The molecule has 2 aromatic carbocycles. The maximum atomic E-state index is 12.2. The standard InChI is InChI=1S/C31H44ClNO7/c32-13-7-1-2-8-15-35-17-19-37-21-23-39-24-22-38-20-18-36-16-14-33-31(34)40-25-30-28-11-5-3-9-26(28)27-10-4-6-12-29(27)30/h3-6,9-12,30H,1-2,7-8,13-25H2,(H,33,34). The van der Waals surface area contributed by atoms with Gasteiger partial charge in [-0.2, -0.15) is 0 Å². The summed E-state index contributed by atoms with van der Waals surface area (Å²) in [5, 5.41) is 2.74. The van der Waals surface area contributed by atoms with Crippen LogP contribution in [0.3, 0.4) is 0 Å². The van der Waals surface area contributed by atoms with Crippen LogP contribution >= 0.6 is 11.6 Å². The number of benzene rings is 2. The number of nitrogens with one attached hydrogen (secondary N) is 1. The molecule has 3 rings (SSSR count). The molecular weight excluding hydrogens is 534 g/mol. The summed E-state index contributed by atoms with van der Waals surface area (Å²) in [5.41, 5.74) is 4.81. The number of hydrogen-bond donors (Lipinski definition) is 1. The summed E-state index contributed by atoms with van der Waals surface area (Å²) in [5.74, 6) is 0.791. The lowest BCUT2D eigenvalue weighted by molar-refractivity contribution is -0.0110. The highest BCUT2D eigenvalue weighted by Crippen LogP contribution is 2.44. The first-order valence-corrected chi connectivity index (χ1v) is 14.9. The monoisotopic (exact) mass is 577 g/mol. The Labute approximate surface area is 243 Å². The van der Waals surface area contributed by atoms with E-state index in [0.29, 0.717) is 72.6 Å². The molecule has 1 aliphatic carbocycles. The van der Waals surface area contributed by atoms with Crippen molar-refractivity contribution in [1.82, 2.24) is 5.32 Å². The molecule has 8 nitrogen and oxygen atoms in total. The average Bonchev–Trinajstić information content (AvgIpc) is 3.30. The van der Waals surface area contributed by atoms with Gasteiger partial charge >= 0.3 is 6.09 Å². The van der Waals surface area contributed by atoms with Crippen LogP contribution in [-0.4, -0.2) is 91.2 Å². The van der Waals surface area contributed by atoms with Crippen molar-refractivity contribution < 1.29 is 33.2 Å². The van der Waals surface area contributed by atoms with Crippen LogP contribution < -0.4 is 5.32 Å². The third-order valence-electron chi connectivity index (χ3n) is 6.52. The van der Waals surface area contributed by atoms with E-state index in [9.17, 15) is 4.79 Å². The van der Waals surface area contributed by atoms with Crippen LogP contribution in [0.25, 0.3) is 11.1 Å². The van der Waals surface area contributed by atoms with Gasteiger partial charge in [-0.3, -0.25) is 0 Å². The lowest BCUT2D eigenvalue weighted by atomic mass is 9.98. The van der Waals surface area contributed by atoms with Crippen LogP contribution in [0.1, 0.15) is 42.7 Å². The molecule has 0 saturated carbocycles. The number of unbranched alkanes of at least 4 members (excludes halogenated alkanes) is 3. The van der Waals surface area contributed by atoms with Crippen molar-refractivity contribution in [2.24, 2.45) is 0 Å². The van der Waals surface area contributed by atoms with Gasteiger partial charge in [0.2, 0.25) is 0 Å². The fourth-order valence-corrected chi connectivity index (χ4v) is 4.70. The Morgan fingerprint density at radius 1 is 0.625 bits per heavy atom. The molecule has 222 valence electrons. The molecule has 0 saturated heterocycles. The molecule has 1 aliphatic rings. The second kappa shape index (κ2) is 20.6.